The predicted octanol–water partition coefficient (Wildman–Crippen LogP) is 2.72. The van der Waals surface area contributed by atoms with E-state index in [4.69, 9.17) is 0 Å². The van der Waals surface area contributed by atoms with Crippen molar-refractivity contribution < 1.29 is 4.79 Å². The van der Waals surface area contributed by atoms with E-state index in [0.29, 0.717) is 19.5 Å². The number of amides is 1. The Balaban J connectivity index is 1.51. The van der Waals surface area contributed by atoms with E-state index in [0.717, 1.165) is 35.3 Å². The zero-order valence-corrected chi connectivity index (χ0v) is 14.9. The Morgan fingerprint density at radius 2 is 2.15 bits per heavy atom. The minimum Gasteiger partial charge on any atom is -0.341 e. The lowest BCUT2D eigenvalue weighted by Gasteiger charge is -2.25. The minimum atomic E-state index is 0.0967. The Labute approximate surface area is 152 Å². The van der Waals surface area contributed by atoms with Crippen molar-refractivity contribution in [2.24, 2.45) is 0 Å². The molecule has 1 saturated heterocycles. The van der Waals surface area contributed by atoms with Gasteiger partial charge in [-0.2, -0.15) is 5.10 Å². The molecule has 2 aromatic heterocycles. The summed E-state index contributed by atoms with van der Waals surface area (Å²) in [6, 6.07) is 12.5. The zero-order chi connectivity index (χ0) is 17.9. The third kappa shape index (κ3) is 3.46. The van der Waals surface area contributed by atoms with Gasteiger partial charge in [-0.25, -0.2) is 4.98 Å². The molecule has 1 aliphatic heterocycles. The molecule has 1 amide bonds. The van der Waals surface area contributed by atoms with Gasteiger partial charge in [0.25, 0.3) is 0 Å². The molecule has 0 aliphatic carbocycles. The van der Waals surface area contributed by atoms with Gasteiger partial charge in [-0.1, -0.05) is 30.3 Å². The lowest BCUT2D eigenvalue weighted by Crippen LogP contribution is -2.35. The maximum absolute atomic E-state index is 12.0. The number of rotatable bonds is 6. The van der Waals surface area contributed by atoms with Crippen LogP contribution in [0.4, 0.5) is 0 Å². The second-order valence-corrected chi connectivity index (χ2v) is 6.85. The number of nitrogens with one attached hydrogen (secondary N) is 2. The number of likely N-dealkylation sites (tertiary alicyclic amines) is 1. The molecule has 26 heavy (non-hydrogen) atoms. The van der Waals surface area contributed by atoms with E-state index in [1.54, 1.807) is 0 Å². The summed E-state index contributed by atoms with van der Waals surface area (Å²) in [5.74, 6) is 0.254. The Morgan fingerprint density at radius 3 is 2.92 bits per heavy atom. The highest BCUT2D eigenvalue weighted by Gasteiger charge is 2.24. The molecule has 0 saturated carbocycles. The molecular formula is C20H23N5O. The standard InChI is InChI=1S/C20H23N5O/c1-14-17-10-15(12-22-20(17)24-23-14)11-21-18(16-6-3-2-4-7-16)13-25-9-5-8-19(25)26/h2-4,6-7,10,12,18,21H,5,8-9,11,13H2,1H3,(H,22,23,24). The van der Waals surface area contributed by atoms with Crippen LogP contribution in [0.15, 0.2) is 42.6 Å². The summed E-state index contributed by atoms with van der Waals surface area (Å²) < 4.78 is 0. The van der Waals surface area contributed by atoms with E-state index >= 15 is 0 Å². The van der Waals surface area contributed by atoms with Crippen LogP contribution in [-0.4, -0.2) is 39.1 Å². The number of fused-ring (bicyclic) bond motifs is 1. The molecule has 0 bridgehead atoms. The maximum Gasteiger partial charge on any atom is 0.222 e. The van der Waals surface area contributed by atoms with E-state index in [-0.39, 0.29) is 11.9 Å². The van der Waals surface area contributed by atoms with Gasteiger partial charge in [0.05, 0.1) is 6.04 Å². The van der Waals surface area contributed by atoms with Gasteiger partial charge in [0.1, 0.15) is 0 Å². The summed E-state index contributed by atoms with van der Waals surface area (Å²) in [5, 5.41) is 11.8. The molecule has 1 aliphatic rings. The topological polar surface area (TPSA) is 73.9 Å². The minimum absolute atomic E-state index is 0.0967. The first-order chi connectivity index (χ1) is 12.7. The van der Waals surface area contributed by atoms with Crippen LogP contribution in [0.25, 0.3) is 11.0 Å². The van der Waals surface area contributed by atoms with E-state index in [2.05, 4.69) is 38.7 Å². The number of benzene rings is 1. The SMILES string of the molecule is Cc1[nH]nc2ncc(CNC(CN3CCCC3=O)c3ccccc3)cc12. The molecule has 1 fully saturated rings. The molecule has 2 N–H and O–H groups in total. The Bertz CT molecular complexity index is 905. The highest BCUT2D eigenvalue weighted by Crippen LogP contribution is 2.20. The average molecular weight is 349 g/mol. The lowest BCUT2D eigenvalue weighted by atomic mass is 10.1. The fourth-order valence-corrected chi connectivity index (χ4v) is 3.49. The van der Waals surface area contributed by atoms with Crippen molar-refractivity contribution in [1.82, 2.24) is 25.4 Å². The average Bonchev–Trinajstić information content (AvgIpc) is 3.25. The van der Waals surface area contributed by atoms with Gasteiger partial charge < -0.3 is 10.2 Å². The first kappa shape index (κ1) is 16.7. The number of aryl methyl sites for hydroxylation is 1. The zero-order valence-electron chi connectivity index (χ0n) is 14.9. The van der Waals surface area contributed by atoms with E-state index in [1.807, 2.05) is 36.2 Å². The molecule has 1 unspecified atom stereocenters. The summed E-state index contributed by atoms with van der Waals surface area (Å²) in [6.07, 6.45) is 3.49. The van der Waals surface area contributed by atoms with Gasteiger partial charge in [0.2, 0.25) is 5.91 Å². The Hall–Kier alpha value is -2.73. The summed E-state index contributed by atoms with van der Waals surface area (Å²) in [7, 11) is 0. The first-order valence-electron chi connectivity index (χ1n) is 9.06. The van der Waals surface area contributed by atoms with Crippen molar-refractivity contribution in [2.45, 2.75) is 32.4 Å². The lowest BCUT2D eigenvalue weighted by molar-refractivity contribution is -0.128. The van der Waals surface area contributed by atoms with Gasteiger partial charge in [0, 0.05) is 43.3 Å². The number of pyridine rings is 1. The highest BCUT2D eigenvalue weighted by atomic mass is 16.2. The smallest absolute Gasteiger partial charge is 0.222 e. The second kappa shape index (κ2) is 7.25. The van der Waals surface area contributed by atoms with E-state index in [9.17, 15) is 4.79 Å². The van der Waals surface area contributed by atoms with Crippen LogP contribution in [0, 0.1) is 6.92 Å². The Morgan fingerprint density at radius 1 is 1.31 bits per heavy atom. The van der Waals surface area contributed by atoms with Gasteiger partial charge in [-0.05, 0) is 30.5 Å². The third-order valence-corrected chi connectivity index (χ3v) is 4.99. The van der Waals surface area contributed by atoms with Crippen molar-refractivity contribution >= 4 is 16.9 Å². The monoisotopic (exact) mass is 349 g/mol. The van der Waals surface area contributed by atoms with Gasteiger partial charge in [0.15, 0.2) is 5.65 Å². The fraction of sp³-hybridized carbons (Fsp3) is 0.350. The van der Waals surface area contributed by atoms with Crippen molar-refractivity contribution in [3.05, 3.63) is 59.4 Å². The normalized spacial score (nSPS) is 15.7. The predicted molar refractivity (Wildman–Crippen MR) is 100 cm³/mol. The molecular weight excluding hydrogens is 326 g/mol. The third-order valence-electron chi connectivity index (χ3n) is 4.99. The molecule has 0 spiro atoms. The van der Waals surface area contributed by atoms with Gasteiger partial charge in [-0.3, -0.25) is 9.89 Å². The van der Waals surface area contributed by atoms with Crippen LogP contribution in [0.2, 0.25) is 0 Å². The number of hydrogen-bond acceptors (Lipinski definition) is 4. The molecule has 3 aromatic rings. The number of hydrogen-bond donors (Lipinski definition) is 2. The van der Waals surface area contributed by atoms with Gasteiger partial charge >= 0.3 is 0 Å². The van der Waals surface area contributed by atoms with Crippen molar-refractivity contribution in [1.29, 1.82) is 0 Å². The summed E-state index contributed by atoms with van der Waals surface area (Å²) in [4.78, 5) is 18.4. The molecule has 6 nitrogen and oxygen atoms in total. The molecule has 134 valence electrons. The van der Waals surface area contributed by atoms with Crippen LogP contribution in [-0.2, 0) is 11.3 Å². The van der Waals surface area contributed by atoms with Crippen molar-refractivity contribution in [2.75, 3.05) is 13.1 Å². The number of nitrogens with zero attached hydrogens (tertiary/aromatic N) is 3. The molecule has 4 rings (SSSR count). The first-order valence-corrected chi connectivity index (χ1v) is 9.06. The maximum atomic E-state index is 12.0. The summed E-state index contributed by atoms with van der Waals surface area (Å²) in [5.41, 5.74) is 4.07. The number of aromatic amines is 1. The van der Waals surface area contributed by atoms with Crippen molar-refractivity contribution in [3.63, 3.8) is 0 Å². The Kier molecular flexibility index (Phi) is 4.67. The molecule has 1 aromatic carbocycles. The molecule has 0 radical (unpaired) electrons. The van der Waals surface area contributed by atoms with Crippen LogP contribution in [0.5, 0.6) is 0 Å². The quantitative estimate of drug-likeness (QED) is 0.718. The summed E-state index contributed by atoms with van der Waals surface area (Å²) in [6.45, 7) is 4.24. The largest absolute Gasteiger partial charge is 0.341 e. The molecule has 3 heterocycles. The molecule has 1 atom stereocenters. The number of H-pyrrole nitrogens is 1. The van der Waals surface area contributed by atoms with E-state index < -0.39 is 0 Å². The van der Waals surface area contributed by atoms with E-state index in [1.165, 1.54) is 5.56 Å². The number of carbonyl (C=O) groups is 1. The second-order valence-electron chi connectivity index (χ2n) is 6.85. The van der Waals surface area contributed by atoms with Crippen molar-refractivity contribution in [3.8, 4) is 0 Å². The summed E-state index contributed by atoms with van der Waals surface area (Å²) >= 11 is 0. The number of carbonyl (C=O) groups excluding carboxylic acids is 1. The van der Waals surface area contributed by atoms with Gasteiger partial charge in [-0.15, -0.1) is 0 Å². The van der Waals surface area contributed by atoms with Crippen LogP contribution in [0.3, 0.4) is 0 Å². The van der Waals surface area contributed by atoms with Crippen LogP contribution in [0.1, 0.15) is 35.7 Å². The molecule has 6 heteroatoms. The fourth-order valence-electron chi connectivity index (χ4n) is 3.49. The number of aromatic nitrogens is 3. The van der Waals surface area contributed by atoms with Crippen LogP contribution >= 0.6 is 0 Å². The highest BCUT2D eigenvalue weighted by molar-refractivity contribution is 5.78. The van der Waals surface area contributed by atoms with Crippen LogP contribution < -0.4 is 5.32 Å².